The van der Waals surface area contributed by atoms with Gasteiger partial charge in [0.1, 0.15) is 5.75 Å². The quantitative estimate of drug-likeness (QED) is 0.107. The summed E-state index contributed by atoms with van der Waals surface area (Å²) in [7, 11) is -3.46. The maximum absolute atomic E-state index is 12.3. The first-order valence-electron chi connectivity index (χ1n) is 14.8. The van der Waals surface area contributed by atoms with Crippen LogP contribution in [0.25, 0.3) is 0 Å². The summed E-state index contributed by atoms with van der Waals surface area (Å²) >= 11 is 0. The third-order valence-electron chi connectivity index (χ3n) is 7.07. The van der Waals surface area contributed by atoms with Crippen molar-refractivity contribution in [2.24, 2.45) is 5.73 Å². The van der Waals surface area contributed by atoms with Gasteiger partial charge in [0.15, 0.2) is 0 Å². The summed E-state index contributed by atoms with van der Waals surface area (Å²) in [5.74, 6) is 0.589. The normalized spacial score (nSPS) is 16.2. The number of nitrogens with one attached hydrogen (secondary N) is 2. The van der Waals surface area contributed by atoms with Crippen molar-refractivity contribution in [3.05, 3.63) is 128 Å². The molecule has 43 heavy (non-hydrogen) atoms. The minimum Gasteiger partial charge on any atom is -0.508 e. The number of phenolic OH excluding ortho intramolecular Hbond substituents is 1. The van der Waals surface area contributed by atoms with E-state index in [-0.39, 0.29) is 22.9 Å². The molecule has 0 aliphatic heterocycles. The Bertz CT molecular complexity index is 1340. The van der Waals surface area contributed by atoms with Crippen LogP contribution < -0.4 is 15.8 Å². The predicted octanol–water partition coefficient (Wildman–Crippen LogP) is 6.04. The summed E-state index contributed by atoms with van der Waals surface area (Å²) in [4.78, 5) is 4.57. The minimum absolute atomic E-state index is 0.00372. The van der Waals surface area contributed by atoms with E-state index in [1.807, 2.05) is 25.3 Å². The van der Waals surface area contributed by atoms with Crippen LogP contribution in [0.3, 0.4) is 0 Å². The molecule has 3 aromatic rings. The Morgan fingerprint density at radius 2 is 1.79 bits per heavy atom. The molecule has 1 heterocycles. The fourth-order valence-corrected chi connectivity index (χ4v) is 6.09. The van der Waals surface area contributed by atoms with E-state index in [0.717, 1.165) is 38.5 Å². The number of nitrogens with two attached hydrogens (primary N) is 1. The van der Waals surface area contributed by atoms with Crippen LogP contribution >= 0.6 is 0 Å². The monoisotopic (exact) mass is 604 g/mol. The van der Waals surface area contributed by atoms with Gasteiger partial charge in [-0.1, -0.05) is 68.1 Å². The zero-order chi connectivity index (χ0) is 31.5. The van der Waals surface area contributed by atoms with Crippen molar-refractivity contribution < 1.29 is 13.5 Å². The fourth-order valence-electron chi connectivity index (χ4n) is 4.99. The molecule has 0 saturated heterocycles. The number of allylic oxidation sites excluding steroid dienone is 3. The number of hydrogen-bond donors (Lipinski definition) is 4. The standard InChI is InChI=1S/C28H36N4O3S.C4H6.C3H6/c29-23(8-4-5-16-32-36(34,35)25-9-2-1-3-10-25)20-31-28-14-11-22-18-24(33)12-13-26(22)27(28)17-21-7-6-15-30-19-21;1-3-4-2;1-3-2/h1-3,6-7,9-10,12-13,15,18-19,23,27-28,31-33H,4-5,8,11,14,16-17,20,29H2;3-4H,1-2H2;3H,1H2,2H3. The van der Waals surface area contributed by atoms with E-state index in [4.69, 9.17) is 5.73 Å². The summed E-state index contributed by atoms with van der Waals surface area (Å²) < 4.78 is 27.3. The van der Waals surface area contributed by atoms with Crippen molar-refractivity contribution >= 4 is 10.0 Å². The van der Waals surface area contributed by atoms with Gasteiger partial charge in [0.25, 0.3) is 0 Å². The highest BCUT2D eigenvalue weighted by Crippen LogP contribution is 2.36. The molecule has 1 aliphatic rings. The van der Waals surface area contributed by atoms with Crippen molar-refractivity contribution in [2.75, 3.05) is 13.1 Å². The van der Waals surface area contributed by atoms with E-state index in [1.54, 1.807) is 60.8 Å². The van der Waals surface area contributed by atoms with E-state index >= 15 is 0 Å². The van der Waals surface area contributed by atoms with Crippen LogP contribution in [0.4, 0.5) is 0 Å². The van der Waals surface area contributed by atoms with Gasteiger partial charge in [0.05, 0.1) is 4.90 Å². The van der Waals surface area contributed by atoms with E-state index in [1.165, 1.54) is 16.7 Å². The van der Waals surface area contributed by atoms with Crippen LogP contribution in [0.15, 0.2) is 116 Å². The summed E-state index contributed by atoms with van der Waals surface area (Å²) in [5.41, 5.74) is 10.1. The molecule has 7 nitrogen and oxygen atoms in total. The number of hydrogen-bond acceptors (Lipinski definition) is 6. The Hall–Kier alpha value is -3.56. The van der Waals surface area contributed by atoms with Gasteiger partial charge in [0.2, 0.25) is 10.0 Å². The Balaban J connectivity index is 0.000000836. The summed E-state index contributed by atoms with van der Waals surface area (Å²) in [5, 5.41) is 13.7. The summed E-state index contributed by atoms with van der Waals surface area (Å²) in [6.45, 7) is 13.1. The van der Waals surface area contributed by atoms with Crippen LogP contribution in [0.5, 0.6) is 5.75 Å². The van der Waals surface area contributed by atoms with E-state index in [0.29, 0.717) is 18.8 Å². The molecule has 0 spiro atoms. The number of sulfonamides is 1. The molecule has 1 aliphatic carbocycles. The SMILES string of the molecule is C=CC.C=CC=C.NC(CCCCNS(=O)(=O)c1ccccc1)CNC1CCc2cc(O)ccc2C1Cc1cccnc1. The third-order valence-corrected chi connectivity index (χ3v) is 8.55. The molecule has 1 aromatic heterocycles. The second-order valence-electron chi connectivity index (χ2n) is 10.5. The number of benzene rings is 2. The van der Waals surface area contributed by atoms with E-state index < -0.39 is 10.0 Å². The lowest BCUT2D eigenvalue weighted by Gasteiger charge is -2.35. The molecule has 0 amide bonds. The number of unbranched alkanes of at least 4 members (excludes halogenated alkanes) is 1. The Kier molecular flexibility index (Phi) is 16.2. The number of rotatable bonds is 13. The minimum atomic E-state index is -3.46. The van der Waals surface area contributed by atoms with Gasteiger partial charge in [-0.3, -0.25) is 4.98 Å². The summed E-state index contributed by atoms with van der Waals surface area (Å²) in [6.07, 6.45) is 13.9. The molecule has 3 unspecified atom stereocenters. The lowest BCUT2D eigenvalue weighted by atomic mass is 9.76. The molecule has 8 heteroatoms. The molecule has 0 bridgehead atoms. The molecular formula is C35H48N4O3S. The first-order valence-corrected chi connectivity index (χ1v) is 16.3. The number of aromatic hydroxyl groups is 1. The van der Waals surface area contributed by atoms with E-state index in [9.17, 15) is 13.5 Å². The van der Waals surface area contributed by atoms with Crippen LogP contribution in [-0.2, 0) is 22.9 Å². The molecule has 3 atom stereocenters. The van der Waals surface area contributed by atoms with Crippen molar-refractivity contribution in [2.45, 2.75) is 68.3 Å². The van der Waals surface area contributed by atoms with Gasteiger partial charge in [-0.2, -0.15) is 0 Å². The number of phenols is 1. The lowest BCUT2D eigenvalue weighted by Crippen LogP contribution is -2.44. The number of aryl methyl sites for hydroxylation is 1. The zero-order valence-corrected chi connectivity index (χ0v) is 26.2. The maximum Gasteiger partial charge on any atom is 0.240 e. The van der Waals surface area contributed by atoms with Gasteiger partial charge in [0, 0.05) is 43.5 Å². The zero-order valence-electron chi connectivity index (χ0n) is 25.4. The molecule has 4 rings (SSSR count). The van der Waals surface area contributed by atoms with Gasteiger partial charge in [-0.25, -0.2) is 13.1 Å². The highest BCUT2D eigenvalue weighted by Gasteiger charge is 2.30. The molecular weight excluding hydrogens is 556 g/mol. The topological polar surface area (TPSA) is 117 Å². The van der Waals surface area contributed by atoms with Crippen molar-refractivity contribution in [3.63, 3.8) is 0 Å². The van der Waals surface area contributed by atoms with E-state index in [2.05, 4.69) is 46.9 Å². The molecule has 5 N–H and O–H groups in total. The fraction of sp³-hybridized carbons (Fsp3) is 0.343. The molecule has 2 aromatic carbocycles. The maximum atomic E-state index is 12.3. The number of nitrogens with zero attached hydrogens (tertiary/aromatic N) is 1. The molecule has 0 radical (unpaired) electrons. The Labute approximate surface area is 258 Å². The van der Waals surface area contributed by atoms with Crippen molar-refractivity contribution in [1.29, 1.82) is 0 Å². The number of fused-ring (bicyclic) bond motifs is 1. The smallest absolute Gasteiger partial charge is 0.240 e. The van der Waals surface area contributed by atoms with Crippen molar-refractivity contribution in [3.8, 4) is 5.75 Å². The third kappa shape index (κ3) is 12.7. The Morgan fingerprint density at radius 1 is 1.07 bits per heavy atom. The molecule has 232 valence electrons. The Morgan fingerprint density at radius 3 is 2.44 bits per heavy atom. The van der Waals surface area contributed by atoms with Crippen LogP contribution in [0, 0.1) is 0 Å². The van der Waals surface area contributed by atoms with Crippen LogP contribution in [-0.4, -0.2) is 43.7 Å². The van der Waals surface area contributed by atoms with Crippen LogP contribution in [0.1, 0.15) is 55.2 Å². The lowest BCUT2D eigenvalue weighted by molar-refractivity contribution is 0.366. The molecule has 0 fully saturated rings. The molecule has 0 saturated carbocycles. The first kappa shape index (κ1) is 35.6. The van der Waals surface area contributed by atoms with Gasteiger partial charge in [-0.15, -0.1) is 6.58 Å². The average molecular weight is 605 g/mol. The summed E-state index contributed by atoms with van der Waals surface area (Å²) in [6, 6.07) is 18.5. The highest BCUT2D eigenvalue weighted by molar-refractivity contribution is 7.89. The average Bonchev–Trinajstić information content (AvgIpc) is 3.01. The second-order valence-corrected chi connectivity index (χ2v) is 12.2. The largest absolute Gasteiger partial charge is 0.508 e. The van der Waals surface area contributed by atoms with Crippen molar-refractivity contribution in [1.82, 2.24) is 15.0 Å². The first-order chi connectivity index (χ1) is 20.7. The number of pyridine rings is 1. The van der Waals surface area contributed by atoms with Crippen LogP contribution in [0.2, 0.25) is 0 Å². The predicted molar refractivity (Wildman–Crippen MR) is 179 cm³/mol. The highest BCUT2D eigenvalue weighted by atomic mass is 32.2. The number of aromatic nitrogens is 1. The second kappa shape index (κ2) is 19.6. The van der Waals surface area contributed by atoms with Gasteiger partial charge < -0.3 is 16.2 Å². The van der Waals surface area contributed by atoms with Gasteiger partial charge in [-0.05, 0) is 86.1 Å². The van der Waals surface area contributed by atoms with Gasteiger partial charge >= 0.3 is 0 Å².